The number of hydrogen-bond acceptors (Lipinski definition) is 3. The SMILES string of the molecule is CCN(CCNC(C)c1cccs1)CC1CCC1. The summed E-state index contributed by atoms with van der Waals surface area (Å²) in [6.45, 7) is 9.31. The Hall–Kier alpha value is -0.380. The molecule has 1 fully saturated rings. The monoisotopic (exact) mass is 266 g/mol. The van der Waals surface area contributed by atoms with Crippen molar-refractivity contribution in [2.45, 2.75) is 39.2 Å². The first-order valence-electron chi connectivity index (χ1n) is 7.28. The van der Waals surface area contributed by atoms with Gasteiger partial charge in [0.1, 0.15) is 0 Å². The highest BCUT2D eigenvalue weighted by molar-refractivity contribution is 7.10. The van der Waals surface area contributed by atoms with Crippen LogP contribution in [0.4, 0.5) is 0 Å². The maximum Gasteiger partial charge on any atom is 0.0386 e. The van der Waals surface area contributed by atoms with Gasteiger partial charge in [-0.3, -0.25) is 0 Å². The molecule has 18 heavy (non-hydrogen) atoms. The van der Waals surface area contributed by atoms with Gasteiger partial charge in [0.2, 0.25) is 0 Å². The molecule has 1 unspecified atom stereocenters. The van der Waals surface area contributed by atoms with Gasteiger partial charge in [0.15, 0.2) is 0 Å². The van der Waals surface area contributed by atoms with Crippen LogP contribution in [0, 0.1) is 5.92 Å². The maximum absolute atomic E-state index is 3.63. The maximum atomic E-state index is 3.63. The molecule has 0 aliphatic heterocycles. The van der Waals surface area contributed by atoms with Crippen LogP contribution in [0.3, 0.4) is 0 Å². The molecule has 1 atom stereocenters. The van der Waals surface area contributed by atoms with Crippen LogP contribution in [0.2, 0.25) is 0 Å². The van der Waals surface area contributed by atoms with E-state index in [0.29, 0.717) is 6.04 Å². The summed E-state index contributed by atoms with van der Waals surface area (Å²) < 4.78 is 0. The largest absolute Gasteiger partial charge is 0.308 e. The lowest BCUT2D eigenvalue weighted by molar-refractivity contribution is 0.183. The Bertz CT molecular complexity index is 319. The average Bonchev–Trinajstić information content (AvgIpc) is 2.84. The number of rotatable bonds is 8. The lowest BCUT2D eigenvalue weighted by atomic mass is 9.85. The molecule has 1 aromatic rings. The quantitative estimate of drug-likeness (QED) is 0.774. The minimum Gasteiger partial charge on any atom is -0.308 e. The zero-order valence-corrected chi connectivity index (χ0v) is 12.5. The summed E-state index contributed by atoms with van der Waals surface area (Å²) in [4.78, 5) is 4.04. The summed E-state index contributed by atoms with van der Waals surface area (Å²) in [6.07, 6.45) is 4.36. The van der Waals surface area contributed by atoms with E-state index in [1.165, 1.54) is 43.8 Å². The minimum atomic E-state index is 0.493. The van der Waals surface area contributed by atoms with Crippen molar-refractivity contribution in [3.8, 4) is 0 Å². The molecule has 1 aliphatic carbocycles. The van der Waals surface area contributed by atoms with Crippen LogP contribution in [0.15, 0.2) is 17.5 Å². The fourth-order valence-corrected chi connectivity index (χ4v) is 3.26. The summed E-state index contributed by atoms with van der Waals surface area (Å²) in [7, 11) is 0. The Balaban J connectivity index is 1.63. The van der Waals surface area contributed by atoms with Gasteiger partial charge in [0.05, 0.1) is 0 Å². The third-order valence-electron chi connectivity index (χ3n) is 4.04. The van der Waals surface area contributed by atoms with E-state index in [9.17, 15) is 0 Å². The van der Waals surface area contributed by atoms with E-state index in [1.54, 1.807) is 0 Å². The fraction of sp³-hybridized carbons (Fsp3) is 0.733. The predicted molar refractivity (Wildman–Crippen MR) is 80.2 cm³/mol. The molecule has 0 amide bonds. The highest BCUT2D eigenvalue weighted by atomic mass is 32.1. The van der Waals surface area contributed by atoms with Gasteiger partial charge in [-0.25, -0.2) is 0 Å². The first kappa shape index (κ1) is 14.0. The van der Waals surface area contributed by atoms with Crippen molar-refractivity contribution in [2.75, 3.05) is 26.2 Å². The molecule has 2 nitrogen and oxygen atoms in total. The second-order valence-corrected chi connectivity index (χ2v) is 6.36. The molecular formula is C15H26N2S. The molecule has 2 rings (SSSR count). The molecule has 0 spiro atoms. The zero-order chi connectivity index (χ0) is 12.8. The van der Waals surface area contributed by atoms with Gasteiger partial charge in [-0.05, 0) is 43.7 Å². The van der Waals surface area contributed by atoms with Crippen LogP contribution in [0.25, 0.3) is 0 Å². The van der Waals surface area contributed by atoms with E-state index >= 15 is 0 Å². The van der Waals surface area contributed by atoms with Crippen molar-refractivity contribution in [3.63, 3.8) is 0 Å². The molecule has 3 heteroatoms. The van der Waals surface area contributed by atoms with Gasteiger partial charge in [-0.1, -0.05) is 19.4 Å². The summed E-state index contributed by atoms with van der Waals surface area (Å²) in [5.41, 5.74) is 0. The molecule has 0 saturated heterocycles. The van der Waals surface area contributed by atoms with Gasteiger partial charge in [0, 0.05) is 30.6 Å². The molecule has 1 saturated carbocycles. The highest BCUT2D eigenvalue weighted by Gasteiger charge is 2.19. The predicted octanol–water partition coefficient (Wildman–Crippen LogP) is 3.52. The number of likely N-dealkylation sites (N-methyl/N-ethyl adjacent to an activating group) is 1. The van der Waals surface area contributed by atoms with E-state index in [1.807, 2.05) is 11.3 Å². The van der Waals surface area contributed by atoms with Crippen LogP contribution in [-0.2, 0) is 0 Å². The third kappa shape index (κ3) is 4.08. The number of nitrogens with zero attached hydrogens (tertiary/aromatic N) is 1. The van der Waals surface area contributed by atoms with E-state index in [0.717, 1.165) is 12.5 Å². The Kier molecular flexibility index (Phi) is 5.67. The molecule has 0 aromatic carbocycles. The average molecular weight is 266 g/mol. The Morgan fingerprint density at radius 2 is 2.33 bits per heavy atom. The van der Waals surface area contributed by atoms with Crippen LogP contribution in [0.1, 0.15) is 44.0 Å². The topological polar surface area (TPSA) is 15.3 Å². The van der Waals surface area contributed by atoms with Gasteiger partial charge >= 0.3 is 0 Å². The Morgan fingerprint density at radius 1 is 1.50 bits per heavy atom. The molecule has 1 heterocycles. The molecular weight excluding hydrogens is 240 g/mol. The lowest BCUT2D eigenvalue weighted by Crippen LogP contribution is -2.37. The van der Waals surface area contributed by atoms with Gasteiger partial charge < -0.3 is 10.2 Å². The molecule has 1 N–H and O–H groups in total. The van der Waals surface area contributed by atoms with Crippen molar-refractivity contribution in [3.05, 3.63) is 22.4 Å². The normalized spacial score (nSPS) is 17.9. The lowest BCUT2D eigenvalue weighted by Gasteiger charge is -2.32. The van der Waals surface area contributed by atoms with Gasteiger partial charge in [-0.2, -0.15) is 0 Å². The van der Waals surface area contributed by atoms with Crippen LogP contribution >= 0.6 is 11.3 Å². The van der Waals surface area contributed by atoms with E-state index in [2.05, 4.69) is 41.6 Å². The van der Waals surface area contributed by atoms with Crippen LogP contribution in [0.5, 0.6) is 0 Å². The number of thiophene rings is 1. The minimum absolute atomic E-state index is 0.493. The molecule has 0 bridgehead atoms. The van der Waals surface area contributed by atoms with Crippen molar-refractivity contribution >= 4 is 11.3 Å². The Morgan fingerprint density at radius 3 is 2.89 bits per heavy atom. The van der Waals surface area contributed by atoms with E-state index in [-0.39, 0.29) is 0 Å². The second kappa shape index (κ2) is 7.27. The number of nitrogens with one attached hydrogen (secondary N) is 1. The summed E-state index contributed by atoms with van der Waals surface area (Å²) in [6, 6.07) is 4.84. The fourth-order valence-electron chi connectivity index (χ4n) is 2.50. The van der Waals surface area contributed by atoms with Crippen molar-refractivity contribution in [1.29, 1.82) is 0 Å². The van der Waals surface area contributed by atoms with E-state index in [4.69, 9.17) is 0 Å². The number of hydrogen-bond donors (Lipinski definition) is 1. The van der Waals surface area contributed by atoms with Crippen molar-refractivity contribution in [1.82, 2.24) is 10.2 Å². The highest BCUT2D eigenvalue weighted by Crippen LogP contribution is 2.26. The summed E-state index contributed by atoms with van der Waals surface area (Å²) >= 11 is 1.84. The standard InChI is InChI=1S/C15H26N2S/c1-3-17(12-14-6-4-7-14)10-9-16-13(2)15-8-5-11-18-15/h5,8,11,13-14,16H,3-4,6-7,9-10,12H2,1-2H3. The first-order valence-corrected chi connectivity index (χ1v) is 8.16. The smallest absolute Gasteiger partial charge is 0.0386 e. The summed E-state index contributed by atoms with van der Waals surface area (Å²) in [5, 5.41) is 5.78. The zero-order valence-electron chi connectivity index (χ0n) is 11.7. The first-order chi connectivity index (χ1) is 8.79. The van der Waals surface area contributed by atoms with Crippen LogP contribution < -0.4 is 5.32 Å². The summed E-state index contributed by atoms with van der Waals surface area (Å²) in [5.74, 6) is 0.986. The molecule has 0 radical (unpaired) electrons. The molecule has 102 valence electrons. The van der Waals surface area contributed by atoms with Gasteiger partial charge in [0.25, 0.3) is 0 Å². The van der Waals surface area contributed by atoms with Crippen molar-refractivity contribution in [2.24, 2.45) is 5.92 Å². The second-order valence-electron chi connectivity index (χ2n) is 5.38. The van der Waals surface area contributed by atoms with E-state index < -0.39 is 0 Å². The van der Waals surface area contributed by atoms with Crippen molar-refractivity contribution < 1.29 is 0 Å². The Labute approximate surface area is 115 Å². The van der Waals surface area contributed by atoms with Crippen LogP contribution in [-0.4, -0.2) is 31.1 Å². The third-order valence-corrected chi connectivity index (χ3v) is 5.09. The molecule has 1 aromatic heterocycles. The van der Waals surface area contributed by atoms with Gasteiger partial charge in [-0.15, -0.1) is 11.3 Å². The molecule has 1 aliphatic rings.